The van der Waals surface area contributed by atoms with Crippen LogP contribution in [0.5, 0.6) is 0 Å². The van der Waals surface area contributed by atoms with Crippen molar-refractivity contribution in [2.45, 2.75) is 38.8 Å². The zero-order valence-electron chi connectivity index (χ0n) is 19.2. The van der Waals surface area contributed by atoms with Gasteiger partial charge >= 0.3 is 0 Å². The quantitative estimate of drug-likeness (QED) is 0.439. The summed E-state index contributed by atoms with van der Waals surface area (Å²) in [5.74, 6) is -0.283. The lowest BCUT2D eigenvalue weighted by molar-refractivity contribution is 0.0900. The molecule has 7 heteroatoms. The summed E-state index contributed by atoms with van der Waals surface area (Å²) in [4.78, 5) is 19.7. The SMILES string of the molecule is CCc1cc(-c2n[nH]c3ccc(C(=O)N[C@@H]4CCCN(Cc5ccccc5F)C4)cc23)ccn1. The number of likely N-dealkylation sites (tertiary alicyclic amines) is 1. The van der Waals surface area contributed by atoms with Crippen molar-refractivity contribution >= 4 is 16.8 Å². The van der Waals surface area contributed by atoms with Gasteiger partial charge in [0.25, 0.3) is 5.91 Å². The lowest BCUT2D eigenvalue weighted by atomic mass is 10.0. The van der Waals surface area contributed by atoms with E-state index in [2.05, 4.69) is 32.3 Å². The maximum atomic E-state index is 14.1. The van der Waals surface area contributed by atoms with E-state index in [-0.39, 0.29) is 17.8 Å². The van der Waals surface area contributed by atoms with Crippen LogP contribution < -0.4 is 5.32 Å². The summed E-state index contributed by atoms with van der Waals surface area (Å²) < 4.78 is 14.1. The number of carbonyl (C=O) groups excluding carboxylic acids is 1. The van der Waals surface area contributed by atoms with Crippen molar-refractivity contribution in [3.63, 3.8) is 0 Å². The largest absolute Gasteiger partial charge is 0.348 e. The van der Waals surface area contributed by atoms with Gasteiger partial charge in [-0.1, -0.05) is 25.1 Å². The van der Waals surface area contributed by atoms with Gasteiger partial charge in [0.05, 0.1) is 5.52 Å². The second-order valence-corrected chi connectivity index (χ2v) is 8.86. The van der Waals surface area contributed by atoms with Crippen molar-refractivity contribution in [2.75, 3.05) is 13.1 Å². The first-order valence-electron chi connectivity index (χ1n) is 11.8. The van der Waals surface area contributed by atoms with Crippen LogP contribution in [0.1, 0.15) is 41.4 Å². The number of nitrogens with zero attached hydrogens (tertiary/aromatic N) is 3. The Morgan fingerprint density at radius 1 is 1.21 bits per heavy atom. The summed E-state index contributed by atoms with van der Waals surface area (Å²) in [6.45, 7) is 4.22. The van der Waals surface area contributed by atoms with Crippen LogP contribution in [0.25, 0.3) is 22.2 Å². The molecule has 0 aliphatic carbocycles. The molecule has 34 heavy (non-hydrogen) atoms. The molecule has 1 amide bonds. The maximum Gasteiger partial charge on any atom is 0.251 e. The number of carbonyl (C=O) groups is 1. The second kappa shape index (κ2) is 9.73. The number of nitrogens with one attached hydrogen (secondary N) is 2. The third-order valence-corrected chi connectivity index (χ3v) is 6.47. The third kappa shape index (κ3) is 4.70. The van der Waals surface area contributed by atoms with Crippen molar-refractivity contribution in [3.05, 3.63) is 83.4 Å². The number of piperidine rings is 1. The number of fused-ring (bicyclic) bond motifs is 1. The molecule has 1 fully saturated rings. The molecule has 0 saturated carbocycles. The molecule has 0 spiro atoms. The summed E-state index contributed by atoms with van der Waals surface area (Å²) in [7, 11) is 0. The predicted octanol–water partition coefficient (Wildman–Crippen LogP) is 4.72. The number of H-pyrrole nitrogens is 1. The van der Waals surface area contributed by atoms with Gasteiger partial charge in [0, 0.05) is 53.1 Å². The highest BCUT2D eigenvalue weighted by atomic mass is 19.1. The number of rotatable bonds is 6. The van der Waals surface area contributed by atoms with Gasteiger partial charge in [-0.2, -0.15) is 5.10 Å². The van der Waals surface area contributed by atoms with Crippen molar-refractivity contribution in [2.24, 2.45) is 0 Å². The number of halogens is 1. The zero-order chi connectivity index (χ0) is 23.5. The molecule has 2 N–H and O–H groups in total. The first-order valence-corrected chi connectivity index (χ1v) is 11.8. The Bertz CT molecular complexity index is 1320. The van der Waals surface area contributed by atoms with Crippen LogP contribution >= 0.6 is 0 Å². The van der Waals surface area contributed by atoms with Gasteiger partial charge in [-0.25, -0.2) is 4.39 Å². The van der Waals surface area contributed by atoms with Crippen LogP contribution in [0.4, 0.5) is 4.39 Å². The molecular formula is C27H28FN5O. The predicted molar refractivity (Wildman–Crippen MR) is 131 cm³/mol. The lowest BCUT2D eigenvalue weighted by Gasteiger charge is -2.33. The molecular weight excluding hydrogens is 429 g/mol. The van der Waals surface area contributed by atoms with Crippen molar-refractivity contribution in [1.29, 1.82) is 0 Å². The fraction of sp³-hybridized carbons (Fsp3) is 0.296. The monoisotopic (exact) mass is 457 g/mol. The standard InChI is InChI=1S/C27H28FN5O/c1-2-21-14-18(11-12-29-21)26-23-15-19(9-10-25(23)31-32-26)27(34)30-22-7-5-13-33(17-22)16-20-6-3-4-8-24(20)28/h3-4,6,8-12,14-15,22H,2,5,7,13,16-17H2,1H3,(H,30,34)(H,31,32)/t22-/m1/s1. The van der Waals surface area contributed by atoms with Crippen LogP contribution in [0.2, 0.25) is 0 Å². The molecule has 0 bridgehead atoms. The minimum absolute atomic E-state index is 0.0276. The van der Waals surface area contributed by atoms with Crippen LogP contribution in [-0.4, -0.2) is 45.1 Å². The number of amides is 1. The van der Waals surface area contributed by atoms with Gasteiger partial charge < -0.3 is 5.32 Å². The first kappa shape index (κ1) is 22.2. The van der Waals surface area contributed by atoms with Crippen molar-refractivity contribution in [3.8, 4) is 11.3 Å². The molecule has 4 aromatic rings. The Balaban J connectivity index is 1.31. The van der Waals surface area contributed by atoms with Crippen LogP contribution in [0, 0.1) is 5.82 Å². The molecule has 174 valence electrons. The van der Waals surface area contributed by atoms with E-state index in [0.717, 1.165) is 53.7 Å². The number of aryl methyl sites for hydroxylation is 1. The summed E-state index contributed by atoms with van der Waals surface area (Å²) in [5, 5.41) is 11.7. The van der Waals surface area contributed by atoms with E-state index < -0.39 is 0 Å². The van der Waals surface area contributed by atoms with Crippen molar-refractivity contribution in [1.82, 2.24) is 25.4 Å². The minimum Gasteiger partial charge on any atom is -0.348 e. The molecule has 2 aromatic heterocycles. The highest BCUT2D eigenvalue weighted by molar-refractivity contribution is 6.01. The highest BCUT2D eigenvalue weighted by Gasteiger charge is 2.23. The van der Waals surface area contributed by atoms with Gasteiger partial charge in [0.2, 0.25) is 0 Å². The van der Waals surface area contributed by atoms with E-state index in [9.17, 15) is 9.18 Å². The number of benzene rings is 2. The topological polar surface area (TPSA) is 73.9 Å². The Labute approximate surface area is 198 Å². The summed E-state index contributed by atoms with van der Waals surface area (Å²) in [6.07, 6.45) is 4.52. The first-order chi connectivity index (χ1) is 16.6. The molecule has 2 aromatic carbocycles. The number of pyridine rings is 1. The average Bonchev–Trinajstić information content (AvgIpc) is 3.29. The van der Waals surface area contributed by atoms with Crippen LogP contribution in [0.3, 0.4) is 0 Å². The molecule has 1 atom stereocenters. The molecule has 1 saturated heterocycles. The molecule has 1 aliphatic heterocycles. The highest BCUT2D eigenvalue weighted by Crippen LogP contribution is 2.27. The van der Waals surface area contributed by atoms with Gasteiger partial charge in [0.1, 0.15) is 11.5 Å². The molecule has 5 rings (SSSR count). The Hall–Kier alpha value is -3.58. The molecule has 6 nitrogen and oxygen atoms in total. The van der Waals surface area contributed by atoms with E-state index in [4.69, 9.17) is 0 Å². The molecule has 3 heterocycles. The lowest BCUT2D eigenvalue weighted by Crippen LogP contribution is -2.47. The van der Waals surface area contributed by atoms with Gasteiger partial charge in [-0.05, 0) is 62.2 Å². The van der Waals surface area contributed by atoms with E-state index in [1.54, 1.807) is 12.3 Å². The molecule has 0 radical (unpaired) electrons. The number of hydrogen-bond donors (Lipinski definition) is 2. The third-order valence-electron chi connectivity index (χ3n) is 6.47. The Morgan fingerprint density at radius 2 is 2.09 bits per heavy atom. The molecule has 0 unspecified atom stereocenters. The van der Waals surface area contributed by atoms with E-state index in [1.165, 1.54) is 6.07 Å². The van der Waals surface area contributed by atoms with Crippen LogP contribution in [-0.2, 0) is 13.0 Å². The van der Waals surface area contributed by atoms with Gasteiger partial charge in [-0.3, -0.25) is 19.8 Å². The Kier molecular flexibility index (Phi) is 6.36. The fourth-order valence-electron chi connectivity index (χ4n) is 4.65. The van der Waals surface area contributed by atoms with Gasteiger partial charge in [-0.15, -0.1) is 0 Å². The van der Waals surface area contributed by atoms with Gasteiger partial charge in [0.15, 0.2) is 0 Å². The maximum absolute atomic E-state index is 14.1. The van der Waals surface area contributed by atoms with E-state index in [1.807, 2.05) is 42.5 Å². The zero-order valence-corrected chi connectivity index (χ0v) is 19.2. The van der Waals surface area contributed by atoms with E-state index >= 15 is 0 Å². The smallest absolute Gasteiger partial charge is 0.251 e. The normalized spacial score (nSPS) is 16.6. The number of aromatic amines is 1. The average molecular weight is 458 g/mol. The summed E-state index contributed by atoms with van der Waals surface area (Å²) >= 11 is 0. The Morgan fingerprint density at radius 3 is 2.94 bits per heavy atom. The van der Waals surface area contributed by atoms with E-state index in [0.29, 0.717) is 24.2 Å². The van der Waals surface area contributed by atoms with Crippen molar-refractivity contribution < 1.29 is 9.18 Å². The fourth-order valence-corrected chi connectivity index (χ4v) is 4.65. The summed E-state index contributed by atoms with van der Waals surface area (Å²) in [6, 6.07) is 16.5. The van der Waals surface area contributed by atoms with Crippen LogP contribution in [0.15, 0.2) is 60.8 Å². The summed E-state index contributed by atoms with van der Waals surface area (Å²) in [5.41, 5.74) is 4.97. The molecule has 1 aliphatic rings. The number of hydrogen-bond acceptors (Lipinski definition) is 4. The minimum atomic E-state index is -0.182. The second-order valence-electron chi connectivity index (χ2n) is 8.86. The number of aromatic nitrogens is 3.